The second-order valence-electron chi connectivity index (χ2n) is 5.98. The van der Waals surface area contributed by atoms with Gasteiger partial charge in [-0.25, -0.2) is 8.42 Å². The summed E-state index contributed by atoms with van der Waals surface area (Å²) in [6, 6.07) is 10.3. The maximum absolute atomic E-state index is 12.3. The number of anilines is 2. The fourth-order valence-electron chi connectivity index (χ4n) is 2.72. The number of sulfone groups is 1. The number of aromatic nitrogens is 1. The second kappa shape index (κ2) is 6.72. The van der Waals surface area contributed by atoms with Crippen molar-refractivity contribution >= 4 is 27.1 Å². The van der Waals surface area contributed by atoms with Gasteiger partial charge in [0, 0.05) is 37.7 Å². The normalized spacial score (nSPS) is 16.4. The summed E-state index contributed by atoms with van der Waals surface area (Å²) in [5.41, 5.74) is 1.10. The van der Waals surface area contributed by atoms with Gasteiger partial charge in [0.1, 0.15) is 5.56 Å². The fraction of sp³-hybridized carbons (Fsp3) is 0.294. The highest BCUT2D eigenvalue weighted by atomic mass is 32.2. The molecular weight excluding hydrogens is 342 g/mol. The van der Waals surface area contributed by atoms with Crippen molar-refractivity contribution in [2.75, 3.05) is 34.8 Å². The molecule has 1 aromatic carbocycles. The molecule has 7 nitrogen and oxygen atoms in total. The number of aryl methyl sites for hydroxylation is 1. The number of pyridine rings is 1. The lowest BCUT2D eigenvalue weighted by Crippen LogP contribution is -2.40. The van der Waals surface area contributed by atoms with Crippen LogP contribution in [0.5, 0.6) is 0 Å². The van der Waals surface area contributed by atoms with Gasteiger partial charge in [-0.1, -0.05) is 6.07 Å². The van der Waals surface area contributed by atoms with Crippen molar-refractivity contribution < 1.29 is 13.2 Å². The Labute approximate surface area is 145 Å². The molecule has 1 aliphatic rings. The molecule has 25 heavy (non-hydrogen) atoms. The first-order valence-electron chi connectivity index (χ1n) is 7.88. The Morgan fingerprint density at radius 3 is 2.56 bits per heavy atom. The van der Waals surface area contributed by atoms with Gasteiger partial charge in [0.2, 0.25) is 0 Å². The van der Waals surface area contributed by atoms with Crippen LogP contribution in [0.25, 0.3) is 0 Å². The summed E-state index contributed by atoms with van der Waals surface area (Å²) in [4.78, 5) is 26.3. The lowest BCUT2D eigenvalue weighted by atomic mass is 10.2. The fourth-order valence-corrected chi connectivity index (χ4v) is 3.92. The first kappa shape index (κ1) is 17.2. The molecule has 132 valence electrons. The zero-order valence-electron chi connectivity index (χ0n) is 13.8. The summed E-state index contributed by atoms with van der Waals surface area (Å²) in [7, 11) is -1.36. The van der Waals surface area contributed by atoms with Gasteiger partial charge in [-0.2, -0.15) is 0 Å². The quantitative estimate of drug-likeness (QED) is 0.876. The first-order chi connectivity index (χ1) is 11.9. The molecule has 0 bridgehead atoms. The molecule has 1 N–H and O–H groups in total. The Kier molecular flexibility index (Phi) is 4.63. The summed E-state index contributed by atoms with van der Waals surface area (Å²) in [5.74, 6) is -0.215. The number of benzene rings is 1. The smallest absolute Gasteiger partial charge is 0.263 e. The van der Waals surface area contributed by atoms with Crippen molar-refractivity contribution in [3.05, 3.63) is 58.5 Å². The van der Waals surface area contributed by atoms with Crippen LogP contribution in [0, 0.1) is 0 Å². The first-order valence-corrected chi connectivity index (χ1v) is 9.70. The van der Waals surface area contributed by atoms with E-state index in [0.717, 1.165) is 5.69 Å². The van der Waals surface area contributed by atoms with Crippen LogP contribution < -0.4 is 15.8 Å². The predicted octanol–water partition coefficient (Wildman–Crippen LogP) is 0.872. The predicted molar refractivity (Wildman–Crippen MR) is 96.9 cm³/mol. The van der Waals surface area contributed by atoms with Gasteiger partial charge in [-0.05, 0) is 30.3 Å². The van der Waals surface area contributed by atoms with Crippen LogP contribution in [-0.4, -0.2) is 43.5 Å². The average molecular weight is 361 g/mol. The molecule has 0 aliphatic carbocycles. The van der Waals surface area contributed by atoms with Crippen molar-refractivity contribution in [1.29, 1.82) is 0 Å². The van der Waals surface area contributed by atoms with Crippen LogP contribution in [0.15, 0.2) is 47.4 Å². The number of hydrogen-bond donors (Lipinski definition) is 1. The summed E-state index contributed by atoms with van der Waals surface area (Å²) >= 11 is 0. The Hall–Kier alpha value is -2.61. The van der Waals surface area contributed by atoms with E-state index >= 15 is 0 Å². The van der Waals surface area contributed by atoms with E-state index in [9.17, 15) is 18.0 Å². The molecule has 1 aromatic heterocycles. The summed E-state index contributed by atoms with van der Waals surface area (Å²) in [5, 5.41) is 2.72. The molecule has 3 rings (SSSR count). The molecule has 0 atom stereocenters. The highest BCUT2D eigenvalue weighted by molar-refractivity contribution is 7.91. The van der Waals surface area contributed by atoms with Crippen molar-refractivity contribution in [1.82, 2.24) is 4.57 Å². The third-order valence-electron chi connectivity index (χ3n) is 4.18. The zero-order valence-corrected chi connectivity index (χ0v) is 14.6. The lowest BCUT2D eigenvalue weighted by molar-refractivity contribution is 0.102. The maximum atomic E-state index is 12.3. The van der Waals surface area contributed by atoms with E-state index < -0.39 is 15.7 Å². The topological polar surface area (TPSA) is 88.5 Å². The zero-order chi connectivity index (χ0) is 18.0. The molecule has 1 fully saturated rings. The Morgan fingerprint density at radius 1 is 1.12 bits per heavy atom. The van der Waals surface area contributed by atoms with E-state index in [-0.39, 0.29) is 22.6 Å². The standard InChI is InChI=1S/C17H19N3O4S/c1-19-7-3-6-15(17(19)22)16(21)18-13-4-2-5-14(12-13)20-8-10-25(23,24)11-9-20/h2-7,12H,8-11H2,1H3,(H,18,21). The molecule has 1 saturated heterocycles. The van der Waals surface area contributed by atoms with Gasteiger partial charge >= 0.3 is 0 Å². The molecule has 0 saturated carbocycles. The van der Waals surface area contributed by atoms with Gasteiger partial charge < -0.3 is 14.8 Å². The van der Waals surface area contributed by atoms with Gasteiger partial charge in [-0.15, -0.1) is 0 Å². The minimum atomic E-state index is -2.95. The van der Waals surface area contributed by atoms with Crippen molar-refractivity contribution in [2.24, 2.45) is 7.05 Å². The molecule has 8 heteroatoms. The Bertz CT molecular complexity index is 952. The lowest BCUT2D eigenvalue weighted by Gasteiger charge is -2.29. The van der Waals surface area contributed by atoms with E-state index in [1.54, 1.807) is 37.5 Å². The van der Waals surface area contributed by atoms with E-state index in [1.165, 1.54) is 10.6 Å². The van der Waals surface area contributed by atoms with Gasteiger partial charge in [0.15, 0.2) is 9.84 Å². The molecule has 0 spiro atoms. The van der Waals surface area contributed by atoms with Crippen LogP contribution in [0.3, 0.4) is 0 Å². The largest absolute Gasteiger partial charge is 0.369 e. The molecule has 2 aromatic rings. The summed E-state index contributed by atoms with van der Waals surface area (Å²) in [6.45, 7) is 0.859. The highest BCUT2D eigenvalue weighted by Gasteiger charge is 2.22. The van der Waals surface area contributed by atoms with E-state index in [2.05, 4.69) is 5.32 Å². The number of hydrogen-bond acceptors (Lipinski definition) is 5. The van der Waals surface area contributed by atoms with Crippen LogP contribution >= 0.6 is 0 Å². The maximum Gasteiger partial charge on any atom is 0.263 e. The number of rotatable bonds is 3. The SMILES string of the molecule is Cn1cccc(C(=O)Nc2cccc(N3CCS(=O)(=O)CC3)c2)c1=O. The number of carbonyl (C=O) groups is 1. The van der Waals surface area contributed by atoms with E-state index in [4.69, 9.17) is 0 Å². The number of amides is 1. The summed E-state index contributed by atoms with van der Waals surface area (Å²) < 4.78 is 24.4. The third-order valence-corrected chi connectivity index (χ3v) is 5.79. The monoisotopic (exact) mass is 361 g/mol. The van der Waals surface area contributed by atoms with Crippen molar-refractivity contribution in [2.45, 2.75) is 0 Å². The number of carbonyl (C=O) groups excluding carboxylic acids is 1. The molecule has 1 aliphatic heterocycles. The van der Waals surface area contributed by atoms with Crippen molar-refractivity contribution in [3.63, 3.8) is 0 Å². The average Bonchev–Trinajstić information content (AvgIpc) is 2.57. The van der Waals surface area contributed by atoms with Crippen LogP contribution in [0.2, 0.25) is 0 Å². The minimum Gasteiger partial charge on any atom is -0.369 e. The highest BCUT2D eigenvalue weighted by Crippen LogP contribution is 2.21. The molecule has 0 radical (unpaired) electrons. The van der Waals surface area contributed by atoms with Crippen LogP contribution in [0.4, 0.5) is 11.4 Å². The van der Waals surface area contributed by atoms with Crippen LogP contribution in [0.1, 0.15) is 10.4 Å². The van der Waals surface area contributed by atoms with Crippen molar-refractivity contribution in [3.8, 4) is 0 Å². The number of nitrogens with one attached hydrogen (secondary N) is 1. The third kappa shape index (κ3) is 3.90. The Balaban J connectivity index is 1.77. The van der Waals surface area contributed by atoms with E-state index in [0.29, 0.717) is 18.8 Å². The van der Waals surface area contributed by atoms with Gasteiger partial charge in [0.05, 0.1) is 11.5 Å². The Morgan fingerprint density at radius 2 is 1.84 bits per heavy atom. The molecule has 2 heterocycles. The molecular formula is C17H19N3O4S. The van der Waals surface area contributed by atoms with Gasteiger partial charge in [0.25, 0.3) is 11.5 Å². The van der Waals surface area contributed by atoms with E-state index in [1.807, 2.05) is 11.0 Å². The summed E-state index contributed by atoms with van der Waals surface area (Å²) in [6.07, 6.45) is 1.59. The number of nitrogens with zero attached hydrogens (tertiary/aromatic N) is 2. The minimum absolute atomic E-state index is 0.0690. The molecule has 1 amide bonds. The second-order valence-corrected chi connectivity index (χ2v) is 8.28. The van der Waals surface area contributed by atoms with Crippen LogP contribution in [-0.2, 0) is 16.9 Å². The molecule has 0 unspecified atom stereocenters. The van der Waals surface area contributed by atoms with Gasteiger partial charge in [-0.3, -0.25) is 9.59 Å².